The summed E-state index contributed by atoms with van der Waals surface area (Å²) in [5, 5.41) is 2.79. The highest BCUT2D eigenvalue weighted by Crippen LogP contribution is 2.25. The molecule has 0 spiro atoms. The van der Waals surface area contributed by atoms with Crippen molar-refractivity contribution in [1.29, 1.82) is 0 Å². The first-order chi connectivity index (χ1) is 15.4. The number of nitrogens with one attached hydrogen (secondary N) is 1. The van der Waals surface area contributed by atoms with Crippen molar-refractivity contribution in [2.75, 3.05) is 24.6 Å². The van der Waals surface area contributed by atoms with Crippen molar-refractivity contribution >= 4 is 21.6 Å². The summed E-state index contributed by atoms with van der Waals surface area (Å²) in [7, 11) is -2.42. The topological polar surface area (TPSA) is 84.9 Å². The molecule has 0 fully saturated rings. The molecule has 1 amide bonds. The summed E-state index contributed by atoms with van der Waals surface area (Å²) in [6.07, 6.45) is 0. The Bertz CT molecular complexity index is 1120. The maximum atomic E-state index is 13.3. The van der Waals surface area contributed by atoms with Gasteiger partial charge in [-0.2, -0.15) is 0 Å². The monoisotopic (exact) mass is 454 g/mol. The zero-order valence-corrected chi connectivity index (χ0v) is 18.8. The van der Waals surface area contributed by atoms with Crippen molar-refractivity contribution in [3.8, 4) is 11.5 Å². The van der Waals surface area contributed by atoms with Crippen molar-refractivity contribution in [2.24, 2.45) is 0 Å². The van der Waals surface area contributed by atoms with E-state index in [4.69, 9.17) is 9.47 Å². The highest BCUT2D eigenvalue weighted by molar-refractivity contribution is 7.92. The highest BCUT2D eigenvalue weighted by Gasteiger charge is 2.27. The van der Waals surface area contributed by atoms with Crippen molar-refractivity contribution < 1.29 is 22.7 Å². The molecule has 3 rings (SSSR count). The summed E-state index contributed by atoms with van der Waals surface area (Å²) in [6.45, 7) is 2.40. The molecule has 8 heteroatoms. The Morgan fingerprint density at radius 3 is 2.12 bits per heavy atom. The van der Waals surface area contributed by atoms with Crippen molar-refractivity contribution in [1.82, 2.24) is 5.32 Å². The van der Waals surface area contributed by atoms with Gasteiger partial charge in [0.25, 0.3) is 10.0 Å². The number of rotatable bonds is 10. The number of carbonyl (C=O) groups is 1. The number of methoxy groups -OCH3 is 1. The molecule has 1 N–H and O–H groups in total. The number of amides is 1. The Kier molecular flexibility index (Phi) is 7.72. The van der Waals surface area contributed by atoms with E-state index >= 15 is 0 Å². The first-order valence-electron chi connectivity index (χ1n) is 10.1. The molecule has 0 heterocycles. The number of ether oxygens (including phenoxy) is 2. The summed E-state index contributed by atoms with van der Waals surface area (Å²) < 4.78 is 38.3. The van der Waals surface area contributed by atoms with Gasteiger partial charge in [-0.05, 0) is 61.0 Å². The second-order valence-corrected chi connectivity index (χ2v) is 8.74. The first kappa shape index (κ1) is 23.1. The molecule has 0 saturated heterocycles. The smallest absolute Gasteiger partial charge is 0.264 e. The van der Waals surface area contributed by atoms with Gasteiger partial charge in [0.15, 0.2) is 0 Å². The molecular formula is C24H26N2O5S. The van der Waals surface area contributed by atoms with Crippen LogP contribution in [0.1, 0.15) is 12.5 Å². The Morgan fingerprint density at radius 1 is 0.906 bits per heavy atom. The van der Waals surface area contributed by atoms with Gasteiger partial charge in [-0.1, -0.05) is 30.3 Å². The van der Waals surface area contributed by atoms with Crippen molar-refractivity contribution in [3.63, 3.8) is 0 Å². The molecule has 0 aliphatic carbocycles. The van der Waals surface area contributed by atoms with E-state index in [1.807, 2.05) is 31.2 Å². The van der Waals surface area contributed by atoms with E-state index in [1.54, 1.807) is 42.5 Å². The van der Waals surface area contributed by atoms with E-state index in [1.165, 1.54) is 19.2 Å². The Labute approximate surface area is 188 Å². The molecule has 0 atom stereocenters. The van der Waals surface area contributed by atoms with Gasteiger partial charge in [0.2, 0.25) is 5.91 Å². The van der Waals surface area contributed by atoms with Gasteiger partial charge in [-0.25, -0.2) is 8.42 Å². The van der Waals surface area contributed by atoms with Crippen molar-refractivity contribution in [2.45, 2.75) is 18.4 Å². The number of hydrogen-bond donors (Lipinski definition) is 1. The normalized spacial score (nSPS) is 10.9. The van der Waals surface area contributed by atoms with Gasteiger partial charge in [-0.3, -0.25) is 9.10 Å². The number of hydrogen-bond acceptors (Lipinski definition) is 5. The minimum atomic E-state index is -3.95. The van der Waals surface area contributed by atoms with Crippen LogP contribution in [-0.2, 0) is 21.4 Å². The van der Waals surface area contributed by atoms with Crippen molar-refractivity contribution in [3.05, 3.63) is 84.4 Å². The first-order valence-corrected chi connectivity index (χ1v) is 11.6. The van der Waals surface area contributed by atoms with E-state index in [2.05, 4.69) is 5.32 Å². The van der Waals surface area contributed by atoms with Gasteiger partial charge >= 0.3 is 0 Å². The van der Waals surface area contributed by atoms with E-state index in [0.29, 0.717) is 18.0 Å². The standard InChI is InChI=1S/C24H26N2O5S/c1-3-31-22-13-9-19(10-14-22)17-25-24(27)18-26(20-11-15-21(30-2)16-12-20)32(28,29)23-7-5-4-6-8-23/h4-16H,3,17-18H2,1-2H3,(H,25,27). The molecule has 32 heavy (non-hydrogen) atoms. The molecule has 0 aromatic heterocycles. The van der Waals surface area contributed by atoms with Crippen LogP contribution in [0.5, 0.6) is 11.5 Å². The van der Waals surface area contributed by atoms with E-state index < -0.39 is 15.9 Å². The largest absolute Gasteiger partial charge is 0.497 e. The number of benzene rings is 3. The van der Waals surface area contributed by atoms with Crippen LogP contribution in [0.25, 0.3) is 0 Å². The van der Waals surface area contributed by atoms with Crippen LogP contribution in [-0.4, -0.2) is 34.6 Å². The third-order valence-corrected chi connectivity index (χ3v) is 6.49. The van der Waals surface area contributed by atoms with Gasteiger partial charge < -0.3 is 14.8 Å². The molecular weight excluding hydrogens is 428 g/mol. The average Bonchev–Trinajstić information content (AvgIpc) is 2.83. The maximum Gasteiger partial charge on any atom is 0.264 e. The lowest BCUT2D eigenvalue weighted by atomic mass is 10.2. The predicted molar refractivity (Wildman–Crippen MR) is 123 cm³/mol. The molecule has 0 aliphatic heterocycles. The van der Waals surface area contributed by atoms with Crippen LogP contribution < -0.4 is 19.1 Å². The third-order valence-electron chi connectivity index (χ3n) is 4.70. The van der Waals surface area contributed by atoms with Gasteiger partial charge in [0.05, 0.1) is 24.3 Å². The molecule has 168 valence electrons. The highest BCUT2D eigenvalue weighted by atomic mass is 32.2. The Hall–Kier alpha value is -3.52. The molecule has 3 aromatic rings. The van der Waals surface area contributed by atoms with Crippen LogP contribution in [0.15, 0.2) is 83.8 Å². The molecule has 7 nitrogen and oxygen atoms in total. The Balaban J connectivity index is 1.78. The summed E-state index contributed by atoms with van der Waals surface area (Å²) in [4.78, 5) is 12.8. The fraction of sp³-hybridized carbons (Fsp3) is 0.208. The zero-order valence-electron chi connectivity index (χ0n) is 18.0. The summed E-state index contributed by atoms with van der Waals surface area (Å²) in [6, 6.07) is 21.9. The van der Waals surface area contributed by atoms with Crippen LogP contribution in [0.3, 0.4) is 0 Å². The number of carbonyl (C=O) groups excluding carboxylic acids is 1. The molecule has 3 aromatic carbocycles. The van der Waals surface area contributed by atoms with Gasteiger partial charge in [-0.15, -0.1) is 0 Å². The molecule has 0 radical (unpaired) electrons. The van der Waals surface area contributed by atoms with E-state index in [0.717, 1.165) is 15.6 Å². The SMILES string of the molecule is CCOc1ccc(CNC(=O)CN(c2ccc(OC)cc2)S(=O)(=O)c2ccccc2)cc1. The Morgan fingerprint density at radius 2 is 1.53 bits per heavy atom. The zero-order chi connectivity index (χ0) is 23.0. The van der Waals surface area contributed by atoms with Crippen LogP contribution in [0, 0.1) is 0 Å². The van der Waals surface area contributed by atoms with Crippen LogP contribution in [0.2, 0.25) is 0 Å². The number of nitrogens with zero attached hydrogens (tertiary/aromatic N) is 1. The lowest BCUT2D eigenvalue weighted by Gasteiger charge is -2.24. The third kappa shape index (κ3) is 5.79. The number of anilines is 1. The lowest BCUT2D eigenvalue weighted by molar-refractivity contribution is -0.119. The fourth-order valence-electron chi connectivity index (χ4n) is 3.04. The van der Waals surface area contributed by atoms with Crippen LogP contribution >= 0.6 is 0 Å². The minimum Gasteiger partial charge on any atom is -0.497 e. The molecule has 0 saturated carbocycles. The minimum absolute atomic E-state index is 0.107. The van der Waals surface area contributed by atoms with E-state index in [-0.39, 0.29) is 18.0 Å². The summed E-state index contributed by atoms with van der Waals surface area (Å²) in [5.41, 5.74) is 1.24. The molecule has 0 aliphatic rings. The summed E-state index contributed by atoms with van der Waals surface area (Å²) in [5.74, 6) is 0.919. The van der Waals surface area contributed by atoms with Gasteiger partial charge in [0.1, 0.15) is 18.0 Å². The second-order valence-electron chi connectivity index (χ2n) is 6.88. The second kappa shape index (κ2) is 10.7. The average molecular weight is 455 g/mol. The fourth-order valence-corrected chi connectivity index (χ4v) is 4.48. The summed E-state index contributed by atoms with van der Waals surface area (Å²) >= 11 is 0. The molecule has 0 bridgehead atoms. The van der Waals surface area contributed by atoms with E-state index in [9.17, 15) is 13.2 Å². The maximum absolute atomic E-state index is 13.3. The van der Waals surface area contributed by atoms with Crippen LogP contribution in [0.4, 0.5) is 5.69 Å². The molecule has 0 unspecified atom stereocenters. The lowest BCUT2D eigenvalue weighted by Crippen LogP contribution is -2.40. The quantitative estimate of drug-likeness (QED) is 0.506. The number of sulfonamides is 1. The van der Waals surface area contributed by atoms with Gasteiger partial charge in [0, 0.05) is 6.54 Å². The predicted octanol–water partition coefficient (Wildman–Crippen LogP) is 3.61.